The van der Waals surface area contributed by atoms with Crippen molar-refractivity contribution in [1.29, 1.82) is 0 Å². The molecule has 2 rings (SSSR count). The third-order valence-corrected chi connectivity index (χ3v) is 3.94. The zero-order valence-corrected chi connectivity index (χ0v) is 14.2. The van der Waals surface area contributed by atoms with Gasteiger partial charge in [-0.15, -0.1) is 0 Å². The molecule has 1 fully saturated rings. The van der Waals surface area contributed by atoms with Crippen molar-refractivity contribution in [2.75, 3.05) is 38.3 Å². The normalized spacial score (nSPS) is 14.6. The number of anilines is 1. The number of methoxy groups -OCH3 is 1. The van der Waals surface area contributed by atoms with E-state index in [0.717, 1.165) is 18.7 Å². The number of ether oxygens (including phenoxy) is 1. The average Bonchev–Trinajstić information content (AvgIpc) is 2.96. The summed E-state index contributed by atoms with van der Waals surface area (Å²) in [5.74, 6) is 0.568. The SMILES string of the molecule is COCCN(CC(C)C)C(=O)c1ccc(N2CCCC2=O)cc1. The van der Waals surface area contributed by atoms with Gasteiger partial charge in [0.1, 0.15) is 0 Å². The first-order valence-corrected chi connectivity index (χ1v) is 8.21. The number of rotatable bonds is 7. The molecule has 0 aliphatic carbocycles. The maximum atomic E-state index is 12.7. The minimum atomic E-state index is 0.00930. The maximum absolute atomic E-state index is 12.7. The largest absolute Gasteiger partial charge is 0.383 e. The van der Waals surface area contributed by atoms with Crippen LogP contribution in [0.25, 0.3) is 0 Å². The quantitative estimate of drug-likeness (QED) is 0.776. The minimum absolute atomic E-state index is 0.00930. The van der Waals surface area contributed by atoms with E-state index in [-0.39, 0.29) is 11.8 Å². The lowest BCUT2D eigenvalue weighted by Crippen LogP contribution is -2.36. The van der Waals surface area contributed by atoms with Gasteiger partial charge in [-0.25, -0.2) is 0 Å². The van der Waals surface area contributed by atoms with Crippen molar-refractivity contribution in [3.63, 3.8) is 0 Å². The fourth-order valence-electron chi connectivity index (χ4n) is 2.81. The van der Waals surface area contributed by atoms with E-state index >= 15 is 0 Å². The second-order valence-electron chi connectivity index (χ2n) is 6.33. The summed E-state index contributed by atoms with van der Waals surface area (Å²) in [5, 5.41) is 0. The van der Waals surface area contributed by atoms with Crippen molar-refractivity contribution in [3.05, 3.63) is 29.8 Å². The molecule has 1 heterocycles. The maximum Gasteiger partial charge on any atom is 0.253 e. The number of carbonyl (C=O) groups is 2. The molecule has 0 aromatic heterocycles. The first-order valence-electron chi connectivity index (χ1n) is 8.21. The van der Waals surface area contributed by atoms with Gasteiger partial charge in [0.25, 0.3) is 5.91 Å². The second-order valence-corrected chi connectivity index (χ2v) is 6.33. The zero-order chi connectivity index (χ0) is 16.8. The van der Waals surface area contributed by atoms with Crippen molar-refractivity contribution in [1.82, 2.24) is 4.90 Å². The molecule has 5 heteroatoms. The van der Waals surface area contributed by atoms with Crippen LogP contribution in [0, 0.1) is 5.92 Å². The summed E-state index contributed by atoms with van der Waals surface area (Å²) >= 11 is 0. The number of hydrogen-bond acceptors (Lipinski definition) is 3. The summed E-state index contributed by atoms with van der Waals surface area (Å²) < 4.78 is 5.10. The smallest absolute Gasteiger partial charge is 0.253 e. The summed E-state index contributed by atoms with van der Waals surface area (Å²) in [7, 11) is 1.64. The van der Waals surface area contributed by atoms with E-state index in [4.69, 9.17) is 4.74 Å². The van der Waals surface area contributed by atoms with Crippen LogP contribution in [0.5, 0.6) is 0 Å². The summed E-state index contributed by atoms with van der Waals surface area (Å²) in [5.41, 5.74) is 1.52. The molecular formula is C18H26N2O3. The number of benzene rings is 1. The van der Waals surface area contributed by atoms with E-state index in [2.05, 4.69) is 13.8 Å². The average molecular weight is 318 g/mol. The van der Waals surface area contributed by atoms with Crippen molar-refractivity contribution in [2.24, 2.45) is 5.92 Å². The minimum Gasteiger partial charge on any atom is -0.383 e. The molecule has 0 spiro atoms. The third kappa shape index (κ3) is 4.55. The van der Waals surface area contributed by atoms with Crippen LogP contribution in [0.4, 0.5) is 5.69 Å². The second kappa shape index (κ2) is 8.11. The Morgan fingerprint density at radius 1 is 1.30 bits per heavy atom. The van der Waals surface area contributed by atoms with Gasteiger partial charge in [-0.05, 0) is 36.6 Å². The first kappa shape index (κ1) is 17.5. The number of carbonyl (C=O) groups excluding carboxylic acids is 2. The third-order valence-electron chi connectivity index (χ3n) is 3.94. The Morgan fingerprint density at radius 3 is 2.52 bits per heavy atom. The van der Waals surface area contributed by atoms with E-state index in [1.165, 1.54) is 0 Å². The van der Waals surface area contributed by atoms with E-state index in [1.807, 2.05) is 29.2 Å². The van der Waals surface area contributed by atoms with Gasteiger partial charge < -0.3 is 14.5 Å². The predicted molar refractivity (Wildman–Crippen MR) is 90.6 cm³/mol. The van der Waals surface area contributed by atoms with Crippen LogP contribution in [0.2, 0.25) is 0 Å². The molecule has 1 saturated heterocycles. The van der Waals surface area contributed by atoms with Crippen LogP contribution in [0.15, 0.2) is 24.3 Å². The number of nitrogens with zero attached hydrogens (tertiary/aromatic N) is 2. The molecule has 0 unspecified atom stereocenters. The van der Waals surface area contributed by atoms with Gasteiger partial charge in [-0.2, -0.15) is 0 Å². The summed E-state index contributed by atoms with van der Waals surface area (Å²) in [6.07, 6.45) is 1.51. The van der Waals surface area contributed by atoms with E-state index in [9.17, 15) is 9.59 Å². The molecule has 1 aliphatic heterocycles. The topological polar surface area (TPSA) is 49.9 Å². The monoisotopic (exact) mass is 318 g/mol. The standard InChI is InChI=1S/C18H26N2O3/c1-14(2)13-19(11-12-23-3)18(22)15-6-8-16(9-7-15)20-10-4-5-17(20)21/h6-9,14H,4-5,10-13H2,1-3H3. The lowest BCUT2D eigenvalue weighted by molar-refractivity contribution is -0.117. The van der Waals surface area contributed by atoms with Crippen LogP contribution in [-0.4, -0.2) is 50.1 Å². The Balaban J connectivity index is 2.09. The molecule has 1 aliphatic rings. The molecule has 0 N–H and O–H groups in total. The van der Waals surface area contributed by atoms with Crippen molar-refractivity contribution in [3.8, 4) is 0 Å². The first-order chi connectivity index (χ1) is 11.0. The van der Waals surface area contributed by atoms with Gasteiger partial charge in [0.05, 0.1) is 6.61 Å². The number of amides is 2. The molecule has 126 valence electrons. The van der Waals surface area contributed by atoms with E-state index in [0.29, 0.717) is 37.6 Å². The highest BCUT2D eigenvalue weighted by Crippen LogP contribution is 2.22. The van der Waals surface area contributed by atoms with E-state index in [1.54, 1.807) is 12.0 Å². The summed E-state index contributed by atoms with van der Waals surface area (Å²) in [6.45, 7) is 6.76. The molecule has 23 heavy (non-hydrogen) atoms. The highest BCUT2D eigenvalue weighted by molar-refractivity contribution is 5.97. The van der Waals surface area contributed by atoms with Crippen LogP contribution in [-0.2, 0) is 9.53 Å². The van der Waals surface area contributed by atoms with Gasteiger partial charge >= 0.3 is 0 Å². The van der Waals surface area contributed by atoms with Crippen LogP contribution in [0.3, 0.4) is 0 Å². The molecule has 0 atom stereocenters. The molecule has 1 aromatic carbocycles. The molecule has 0 saturated carbocycles. The van der Waals surface area contributed by atoms with Crippen molar-refractivity contribution < 1.29 is 14.3 Å². The molecule has 2 amide bonds. The lowest BCUT2D eigenvalue weighted by atomic mass is 10.1. The highest BCUT2D eigenvalue weighted by atomic mass is 16.5. The van der Waals surface area contributed by atoms with Crippen LogP contribution < -0.4 is 4.90 Å². The van der Waals surface area contributed by atoms with Crippen LogP contribution in [0.1, 0.15) is 37.0 Å². The van der Waals surface area contributed by atoms with Gasteiger partial charge in [0.2, 0.25) is 5.91 Å². The zero-order valence-electron chi connectivity index (χ0n) is 14.2. The van der Waals surface area contributed by atoms with Gasteiger partial charge in [-0.3, -0.25) is 9.59 Å². The lowest BCUT2D eigenvalue weighted by Gasteiger charge is -2.24. The predicted octanol–water partition coefficient (Wildman–Crippen LogP) is 2.56. The fraction of sp³-hybridized carbons (Fsp3) is 0.556. The summed E-state index contributed by atoms with van der Waals surface area (Å²) in [4.78, 5) is 28.1. The van der Waals surface area contributed by atoms with Crippen LogP contribution >= 0.6 is 0 Å². The Bertz CT molecular complexity index is 540. The molecule has 5 nitrogen and oxygen atoms in total. The van der Waals surface area contributed by atoms with Crippen molar-refractivity contribution in [2.45, 2.75) is 26.7 Å². The van der Waals surface area contributed by atoms with Gasteiger partial charge in [0, 0.05) is 44.4 Å². The Morgan fingerprint density at radius 2 is 2.00 bits per heavy atom. The fourth-order valence-corrected chi connectivity index (χ4v) is 2.81. The molecule has 0 radical (unpaired) electrons. The van der Waals surface area contributed by atoms with Crippen molar-refractivity contribution >= 4 is 17.5 Å². The Hall–Kier alpha value is -1.88. The highest BCUT2D eigenvalue weighted by Gasteiger charge is 2.22. The molecule has 0 bridgehead atoms. The van der Waals surface area contributed by atoms with Gasteiger partial charge in [0.15, 0.2) is 0 Å². The van der Waals surface area contributed by atoms with E-state index < -0.39 is 0 Å². The molecule has 1 aromatic rings. The Kier molecular flexibility index (Phi) is 6.16. The molecular weight excluding hydrogens is 292 g/mol. The number of hydrogen-bond donors (Lipinski definition) is 0. The summed E-state index contributed by atoms with van der Waals surface area (Å²) in [6, 6.07) is 7.34. The Labute approximate surface area is 138 Å². The van der Waals surface area contributed by atoms with Gasteiger partial charge in [-0.1, -0.05) is 13.8 Å².